The summed E-state index contributed by atoms with van der Waals surface area (Å²) in [6, 6.07) is 8.04. The van der Waals surface area contributed by atoms with E-state index in [-0.39, 0.29) is 17.9 Å². The molecule has 0 atom stereocenters. The number of aliphatic hydroxyl groups excluding tert-OH is 1. The molecule has 0 radical (unpaired) electrons. The lowest BCUT2D eigenvalue weighted by Crippen LogP contribution is -2.35. The second-order valence-corrected chi connectivity index (χ2v) is 6.04. The number of amides is 1. The maximum absolute atomic E-state index is 12.3. The van der Waals surface area contributed by atoms with Gasteiger partial charge in [0, 0.05) is 17.6 Å². The summed E-state index contributed by atoms with van der Waals surface area (Å²) in [5.41, 5.74) is 0.834. The molecule has 2 rings (SSSR count). The van der Waals surface area contributed by atoms with Gasteiger partial charge in [0.1, 0.15) is 0 Å². The van der Waals surface area contributed by atoms with Crippen LogP contribution in [0, 0.1) is 0 Å². The van der Waals surface area contributed by atoms with Gasteiger partial charge in [-0.25, -0.2) is 0 Å². The number of aliphatic hydroxyl groups is 1. The molecule has 1 aromatic rings. The normalized spacial score (nSPS) is 16.1. The minimum Gasteiger partial charge on any atom is -0.396 e. The summed E-state index contributed by atoms with van der Waals surface area (Å²) in [7, 11) is 0. The number of benzene rings is 1. The van der Waals surface area contributed by atoms with Gasteiger partial charge in [0.05, 0.1) is 5.41 Å². The lowest BCUT2D eigenvalue weighted by molar-refractivity contribution is -0.123. The lowest BCUT2D eigenvalue weighted by atomic mass is 9.95. The van der Waals surface area contributed by atoms with Crippen molar-refractivity contribution >= 4 is 21.8 Å². The Labute approximate surface area is 122 Å². The van der Waals surface area contributed by atoms with Gasteiger partial charge in [-0.05, 0) is 49.8 Å². The molecule has 0 bridgehead atoms. The minimum atomic E-state index is -0.280. The standard InChI is InChI=1S/C15H20BrNO2/c16-13-6-4-12(5-7-13)15(8-9-15)14(19)17-10-2-1-3-11-18/h4-7,18H,1-3,8-11H2,(H,17,19). The first-order chi connectivity index (χ1) is 9.19. The highest BCUT2D eigenvalue weighted by atomic mass is 79.9. The summed E-state index contributed by atoms with van der Waals surface area (Å²) < 4.78 is 1.04. The molecule has 104 valence electrons. The van der Waals surface area contributed by atoms with Crippen molar-refractivity contribution in [2.24, 2.45) is 0 Å². The van der Waals surface area contributed by atoms with E-state index in [0.717, 1.165) is 42.1 Å². The number of rotatable bonds is 7. The van der Waals surface area contributed by atoms with Crippen LogP contribution in [0.2, 0.25) is 0 Å². The van der Waals surface area contributed by atoms with Gasteiger partial charge < -0.3 is 10.4 Å². The van der Waals surface area contributed by atoms with E-state index in [2.05, 4.69) is 21.2 Å². The smallest absolute Gasteiger partial charge is 0.230 e. The van der Waals surface area contributed by atoms with Crippen LogP contribution in [0.1, 0.15) is 37.7 Å². The average Bonchev–Trinajstić information content (AvgIpc) is 3.21. The maximum atomic E-state index is 12.3. The van der Waals surface area contributed by atoms with Crippen LogP contribution < -0.4 is 5.32 Å². The van der Waals surface area contributed by atoms with E-state index in [1.54, 1.807) is 0 Å². The Bertz CT molecular complexity index is 426. The van der Waals surface area contributed by atoms with E-state index in [4.69, 9.17) is 5.11 Å². The third-order valence-electron chi connectivity index (χ3n) is 3.70. The van der Waals surface area contributed by atoms with Crippen molar-refractivity contribution in [1.29, 1.82) is 0 Å². The van der Waals surface area contributed by atoms with E-state index in [1.165, 1.54) is 0 Å². The topological polar surface area (TPSA) is 49.3 Å². The van der Waals surface area contributed by atoms with Crippen molar-refractivity contribution < 1.29 is 9.90 Å². The fraction of sp³-hybridized carbons (Fsp3) is 0.533. The quantitative estimate of drug-likeness (QED) is 0.757. The van der Waals surface area contributed by atoms with Crippen LogP contribution in [-0.4, -0.2) is 24.2 Å². The molecule has 3 nitrogen and oxygen atoms in total. The minimum absolute atomic E-state index is 0.152. The molecular weight excluding hydrogens is 306 g/mol. The first-order valence-electron chi connectivity index (χ1n) is 6.84. The van der Waals surface area contributed by atoms with E-state index < -0.39 is 0 Å². The number of hydrogen-bond donors (Lipinski definition) is 2. The molecule has 0 heterocycles. The van der Waals surface area contributed by atoms with Crippen molar-refractivity contribution in [3.05, 3.63) is 34.3 Å². The highest BCUT2D eigenvalue weighted by Crippen LogP contribution is 2.48. The van der Waals surface area contributed by atoms with Crippen molar-refractivity contribution in [3.8, 4) is 0 Å². The summed E-state index contributed by atoms with van der Waals surface area (Å²) >= 11 is 3.41. The van der Waals surface area contributed by atoms with E-state index in [1.807, 2.05) is 24.3 Å². The monoisotopic (exact) mass is 325 g/mol. The molecule has 1 aliphatic carbocycles. The first kappa shape index (κ1) is 14.5. The Morgan fingerprint density at radius 3 is 2.47 bits per heavy atom. The molecule has 4 heteroatoms. The van der Waals surface area contributed by atoms with Crippen molar-refractivity contribution in [1.82, 2.24) is 5.32 Å². The molecule has 1 saturated carbocycles. The molecule has 1 aromatic carbocycles. The zero-order valence-electron chi connectivity index (χ0n) is 11.0. The van der Waals surface area contributed by atoms with Crippen molar-refractivity contribution in [3.63, 3.8) is 0 Å². The van der Waals surface area contributed by atoms with E-state index in [9.17, 15) is 4.79 Å². The van der Waals surface area contributed by atoms with Crippen LogP contribution in [0.15, 0.2) is 28.7 Å². The first-order valence-corrected chi connectivity index (χ1v) is 7.63. The summed E-state index contributed by atoms with van der Waals surface area (Å²) in [5, 5.41) is 11.7. The van der Waals surface area contributed by atoms with Gasteiger partial charge in [0.2, 0.25) is 5.91 Å². The Kier molecular flexibility index (Phi) is 4.99. The summed E-state index contributed by atoms with van der Waals surface area (Å²) in [6.45, 7) is 0.938. The van der Waals surface area contributed by atoms with Gasteiger partial charge >= 0.3 is 0 Å². The maximum Gasteiger partial charge on any atom is 0.230 e. The number of carbonyl (C=O) groups is 1. The molecule has 19 heavy (non-hydrogen) atoms. The zero-order chi connectivity index (χ0) is 13.7. The van der Waals surface area contributed by atoms with Gasteiger partial charge in [-0.1, -0.05) is 28.1 Å². The largest absolute Gasteiger partial charge is 0.396 e. The summed E-state index contributed by atoms with van der Waals surface area (Å²) in [5.74, 6) is 0.152. The van der Waals surface area contributed by atoms with Gasteiger partial charge in [-0.3, -0.25) is 4.79 Å². The highest BCUT2D eigenvalue weighted by molar-refractivity contribution is 9.10. The second-order valence-electron chi connectivity index (χ2n) is 5.13. The highest BCUT2D eigenvalue weighted by Gasteiger charge is 2.50. The molecule has 1 fully saturated rings. The van der Waals surface area contributed by atoms with Crippen molar-refractivity contribution in [2.75, 3.05) is 13.2 Å². The van der Waals surface area contributed by atoms with Gasteiger partial charge in [0.15, 0.2) is 0 Å². The molecule has 1 aliphatic rings. The lowest BCUT2D eigenvalue weighted by Gasteiger charge is -2.15. The molecule has 0 aromatic heterocycles. The Morgan fingerprint density at radius 1 is 1.21 bits per heavy atom. The number of nitrogens with one attached hydrogen (secondary N) is 1. The predicted octanol–water partition coefficient (Wildman–Crippen LogP) is 2.76. The number of unbranched alkanes of at least 4 members (excludes halogenated alkanes) is 2. The van der Waals surface area contributed by atoms with E-state index in [0.29, 0.717) is 6.54 Å². The summed E-state index contributed by atoms with van der Waals surface area (Å²) in [4.78, 5) is 12.3. The molecule has 0 aliphatic heterocycles. The average molecular weight is 326 g/mol. The van der Waals surface area contributed by atoms with Crippen LogP contribution in [0.5, 0.6) is 0 Å². The molecule has 0 unspecified atom stereocenters. The fourth-order valence-electron chi connectivity index (χ4n) is 2.33. The number of halogens is 1. The Hall–Kier alpha value is -0.870. The van der Waals surface area contributed by atoms with Crippen LogP contribution in [0.4, 0.5) is 0 Å². The number of hydrogen-bond acceptors (Lipinski definition) is 2. The summed E-state index contributed by atoms with van der Waals surface area (Å²) in [6.07, 6.45) is 4.59. The molecule has 0 spiro atoms. The zero-order valence-corrected chi connectivity index (χ0v) is 12.6. The van der Waals surface area contributed by atoms with Gasteiger partial charge in [-0.15, -0.1) is 0 Å². The second kappa shape index (κ2) is 6.53. The van der Waals surface area contributed by atoms with Crippen LogP contribution >= 0.6 is 15.9 Å². The Balaban J connectivity index is 1.86. The molecular formula is C15H20BrNO2. The third kappa shape index (κ3) is 3.57. The van der Waals surface area contributed by atoms with Crippen molar-refractivity contribution in [2.45, 2.75) is 37.5 Å². The SMILES string of the molecule is O=C(NCCCCCO)C1(c2ccc(Br)cc2)CC1. The Morgan fingerprint density at radius 2 is 1.89 bits per heavy atom. The molecule has 1 amide bonds. The third-order valence-corrected chi connectivity index (χ3v) is 4.23. The number of carbonyl (C=O) groups excluding carboxylic acids is 1. The van der Waals surface area contributed by atoms with Crippen LogP contribution in [0.25, 0.3) is 0 Å². The van der Waals surface area contributed by atoms with Gasteiger partial charge in [0.25, 0.3) is 0 Å². The van der Waals surface area contributed by atoms with Crippen LogP contribution in [0.3, 0.4) is 0 Å². The molecule has 2 N–H and O–H groups in total. The fourth-order valence-corrected chi connectivity index (χ4v) is 2.59. The van der Waals surface area contributed by atoms with Gasteiger partial charge in [-0.2, -0.15) is 0 Å². The van der Waals surface area contributed by atoms with Crippen LogP contribution in [-0.2, 0) is 10.2 Å². The molecule has 0 saturated heterocycles. The predicted molar refractivity (Wildman–Crippen MR) is 79.0 cm³/mol. The van der Waals surface area contributed by atoms with E-state index >= 15 is 0 Å².